The molecular formula is C15H9BrO5. The first-order valence-electron chi connectivity index (χ1n) is 5.96. The fraction of sp³-hybridized carbons (Fsp3) is 0. The van der Waals surface area contributed by atoms with E-state index in [2.05, 4.69) is 15.9 Å². The van der Waals surface area contributed by atoms with E-state index in [1.165, 1.54) is 0 Å². The van der Waals surface area contributed by atoms with Gasteiger partial charge in [0.25, 0.3) is 0 Å². The van der Waals surface area contributed by atoms with Crippen molar-refractivity contribution < 1.29 is 19.7 Å². The van der Waals surface area contributed by atoms with Crippen LogP contribution in [0.4, 0.5) is 0 Å². The molecule has 0 aliphatic heterocycles. The lowest BCUT2D eigenvalue weighted by molar-refractivity contribution is 0.370. The largest absolute Gasteiger partial charge is 0.504 e. The van der Waals surface area contributed by atoms with Gasteiger partial charge >= 0.3 is 0 Å². The first kappa shape index (κ1) is 13.5. The molecule has 0 radical (unpaired) electrons. The SMILES string of the molecule is O=c1c(Br)c(-c2ccccc2)oc2cc(O)c(O)c(O)c12. The first-order chi connectivity index (χ1) is 10.0. The smallest absolute Gasteiger partial charge is 0.211 e. The molecule has 1 aromatic heterocycles. The van der Waals surface area contributed by atoms with Gasteiger partial charge in [0.15, 0.2) is 17.3 Å². The number of rotatable bonds is 1. The second-order valence-electron chi connectivity index (χ2n) is 4.41. The average Bonchev–Trinajstić information content (AvgIpc) is 2.49. The molecule has 3 aromatic rings. The molecule has 2 aromatic carbocycles. The van der Waals surface area contributed by atoms with Crippen LogP contribution in [-0.2, 0) is 0 Å². The number of phenolic OH excluding ortho intramolecular Hbond substituents is 3. The fourth-order valence-electron chi connectivity index (χ4n) is 2.06. The van der Waals surface area contributed by atoms with Crippen molar-refractivity contribution in [3.05, 3.63) is 51.1 Å². The molecule has 0 aliphatic carbocycles. The molecule has 5 nitrogen and oxygen atoms in total. The minimum Gasteiger partial charge on any atom is -0.504 e. The number of aromatic hydroxyl groups is 3. The standard InChI is InChI=1S/C15H9BrO5/c16-11-13(19)10-9(6-8(17)12(18)14(10)20)21-15(11)7-4-2-1-3-5-7/h1-6,17-18,20H. The predicted octanol–water partition coefficient (Wildman–Crippen LogP) is 3.34. The van der Waals surface area contributed by atoms with Crippen molar-refractivity contribution in [2.75, 3.05) is 0 Å². The minimum atomic E-state index is -0.755. The molecule has 3 N–H and O–H groups in total. The van der Waals surface area contributed by atoms with E-state index in [-0.39, 0.29) is 21.2 Å². The molecule has 1 heterocycles. The van der Waals surface area contributed by atoms with Gasteiger partial charge in [-0.1, -0.05) is 30.3 Å². The Morgan fingerprint density at radius 2 is 1.67 bits per heavy atom. The molecule has 0 atom stereocenters. The summed E-state index contributed by atoms with van der Waals surface area (Å²) in [4.78, 5) is 12.3. The zero-order valence-electron chi connectivity index (χ0n) is 10.5. The second kappa shape index (κ2) is 4.82. The molecule has 6 heteroatoms. The van der Waals surface area contributed by atoms with Crippen LogP contribution in [0.5, 0.6) is 17.2 Å². The van der Waals surface area contributed by atoms with E-state index >= 15 is 0 Å². The summed E-state index contributed by atoms with van der Waals surface area (Å²) in [5.74, 6) is -1.75. The Bertz CT molecular complexity index is 900. The summed E-state index contributed by atoms with van der Waals surface area (Å²) < 4.78 is 5.72. The Hall–Kier alpha value is -2.47. The van der Waals surface area contributed by atoms with Gasteiger partial charge in [0, 0.05) is 11.6 Å². The van der Waals surface area contributed by atoms with Crippen LogP contribution in [0.15, 0.2) is 50.1 Å². The Kier molecular flexibility index (Phi) is 3.10. The highest BCUT2D eigenvalue weighted by atomic mass is 79.9. The lowest BCUT2D eigenvalue weighted by Gasteiger charge is -2.08. The fourth-order valence-corrected chi connectivity index (χ4v) is 2.57. The van der Waals surface area contributed by atoms with Crippen molar-refractivity contribution in [2.45, 2.75) is 0 Å². The quantitative estimate of drug-likeness (QED) is 0.586. The van der Waals surface area contributed by atoms with Crippen LogP contribution >= 0.6 is 15.9 Å². The molecule has 0 fully saturated rings. The molecule has 0 aliphatic rings. The third kappa shape index (κ3) is 2.04. The maximum absolute atomic E-state index is 12.3. The molecule has 0 spiro atoms. The molecule has 0 unspecified atom stereocenters. The van der Waals surface area contributed by atoms with E-state index in [1.807, 2.05) is 6.07 Å². The van der Waals surface area contributed by atoms with Crippen LogP contribution < -0.4 is 5.43 Å². The summed E-state index contributed by atoms with van der Waals surface area (Å²) in [5.41, 5.74) is 0.105. The van der Waals surface area contributed by atoms with E-state index in [9.17, 15) is 20.1 Å². The Morgan fingerprint density at radius 3 is 2.33 bits per heavy atom. The van der Waals surface area contributed by atoms with Crippen molar-refractivity contribution in [3.8, 4) is 28.6 Å². The third-order valence-corrected chi connectivity index (χ3v) is 3.81. The van der Waals surface area contributed by atoms with Crippen molar-refractivity contribution in [3.63, 3.8) is 0 Å². The lowest BCUT2D eigenvalue weighted by atomic mass is 10.1. The molecule has 21 heavy (non-hydrogen) atoms. The van der Waals surface area contributed by atoms with Crippen molar-refractivity contribution in [1.29, 1.82) is 0 Å². The lowest BCUT2D eigenvalue weighted by Crippen LogP contribution is -2.04. The second-order valence-corrected chi connectivity index (χ2v) is 5.20. The van der Waals surface area contributed by atoms with Crippen LogP contribution in [0.2, 0.25) is 0 Å². The Morgan fingerprint density at radius 1 is 1.00 bits per heavy atom. The van der Waals surface area contributed by atoms with Crippen molar-refractivity contribution in [2.24, 2.45) is 0 Å². The molecule has 3 rings (SSSR count). The molecule has 0 saturated heterocycles. The van der Waals surface area contributed by atoms with E-state index < -0.39 is 22.7 Å². The summed E-state index contributed by atoms with van der Waals surface area (Å²) in [6.45, 7) is 0. The highest BCUT2D eigenvalue weighted by molar-refractivity contribution is 9.10. The highest BCUT2D eigenvalue weighted by Crippen LogP contribution is 2.41. The van der Waals surface area contributed by atoms with Gasteiger partial charge in [0.1, 0.15) is 15.4 Å². The number of hydrogen-bond donors (Lipinski definition) is 3. The average molecular weight is 349 g/mol. The third-order valence-electron chi connectivity index (χ3n) is 3.09. The van der Waals surface area contributed by atoms with Gasteiger partial charge in [-0.15, -0.1) is 0 Å². The number of hydrogen-bond acceptors (Lipinski definition) is 5. The van der Waals surface area contributed by atoms with Gasteiger partial charge in [-0.05, 0) is 15.9 Å². The zero-order chi connectivity index (χ0) is 15.1. The van der Waals surface area contributed by atoms with Gasteiger partial charge in [-0.3, -0.25) is 4.79 Å². The summed E-state index contributed by atoms with van der Waals surface area (Å²) in [6.07, 6.45) is 0. The van der Waals surface area contributed by atoms with E-state index in [0.29, 0.717) is 5.56 Å². The van der Waals surface area contributed by atoms with E-state index in [4.69, 9.17) is 4.42 Å². The number of phenols is 3. The monoisotopic (exact) mass is 348 g/mol. The van der Waals surface area contributed by atoms with Gasteiger partial charge in [-0.25, -0.2) is 0 Å². The number of fused-ring (bicyclic) bond motifs is 1. The predicted molar refractivity (Wildman–Crippen MR) is 80.6 cm³/mol. The topological polar surface area (TPSA) is 90.9 Å². The molecular weight excluding hydrogens is 340 g/mol. The van der Waals surface area contributed by atoms with Gasteiger partial charge in [0.2, 0.25) is 11.2 Å². The highest BCUT2D eigenvalue weighted by Gasteiger charge is 2.20. The van der Waals surface area contributed by atoms with Crippen LogP contribution in [0.25, 0.3) is 22.3 Å². The van der Waals surface area contributed by atoms with Crippen LogP contribution in [0.1, 0.15) is 0 Å². The maximum Gasteiger partial charge on any atom is 0.211 e. The summed E-state index contributed by atoms with van der Waals surface area (Å²) >= 11 is 3.15. The number of benzene rings is 2. The Labute approximate surface area is 126 Å². The van der Waals surface area contributed by atoms with Crippen LogP contribution in [0, 0.1) is 0 Å². The van der Waals surface area contributed by atoms with Gasteiger partial charge in [0.05, 0.1) is 0 Å². The van der Waals surface area contributed by atoms with E-state index in [0.717, 1.165) is 6.07 Å². The van der Waals surface area contributed by atoms with Crippen LogP contribution in [0.3, 0.4) is 0 Å². The molecule has 0 bridgehead atoms. The van der Waals surface area contributed by atoms with E-state index in [1.54, 1.807) is 24.3 Å². The number of halogens is 1. The minimum absolute atomic E-state index is 0.0187. The van der Waals surface area contributed by atoms with Crippen molar-refractivity contribution >= 4 is 26.9 Å². The maximum atomic E-state index is 12.3. The molecule has 0 amide bonds. The first-order valence-corrected chi connectivity index (χ1v) is 6.75. The normalized spacial score (nSPS) is 10.9. The zero-order valence-corrected chi connectivity index (χ0v) is 12.1. The van der Waals surface area contributed by atoms with Crippen LogP contribution in [-0.4, -0.2) is 15.3 Å². The molecule has 0 saturated carbocycles. The van der Waals surface area contributed by atoms with Gasteiger partial charge < -0.3 is 19.7 Å². The molecule has 106 valence electrons. The van der Waals surface area contributed by atoms with Gasteiger partial charge in [-0.2, -0.15) is 0 Å². The Balaban J connectivity index is 2.44. The summed E-state index contributed by atoms with van der Waals surface area (Å²) in [5, 5.41) is 28.7. The van der Waals surface area contributed by atoms with Crippen molar-refractivity contribution in [1.82, 2.24) is 0 Å². The summed E-state index contributed by atoms with van der Waals surface area (Å²) in [7, 11) is 0. The summed E-state index contributed by atoms with van der Waals surface area (Å²) in [6, 6.07) is 10.0.